The Morgan fingerprint density at radius 1 is 0.810 bits per heavy atom. The summed E-state index contributed by atoms with van der Waals surface area (Å²) in [6.45, 7) is 0. The Morgan fingerprint density at radius 3 is 2.00 bits per heavy atom. The van der Waals surface area contributed by atoms with E-state index in [-0.39, 0.29) is 22.6 Å². The second kappa shape index (κ2) is 4.85. The van der Waals surface area contributed by atoms with Crippen LogP contribution in [0.2, 0.25) is 0 Å². The van der Waals surface area contributed by atoms with Crippen LogP contribution >= 0.6 is 31.9 Å². The number of carbonyl (C=O) groups excluding carboxylic acids is 2. The van der Waals surface area contributed by atoms with Gasteiger partial charge < -0.3 is 10.2 Å². The van der Waals surface area contributed by atoms with E-state index in [4.69, 9.17) is 0 Å². The number of fused-ring (bicyclic) bond motifs is 1. The van der Waals surface area contributed by atoms with Crippen molar-refractivity contribution >= 4 is 49.4 Å². The Balaban J connectivity index is 2.19. The summed E-state index contributed by atoms with van der Waals surface area (Å²) < 4.78 is 0.793. The molecule has 1 aliphatic heterocycles. The van der Waals surface area contributed by atoms with E-state index in [9.17, 15) is 19.8 Å². The molecule has 2 N–H and O–H groups in total. The van der Waals surface area contributed by atoms with E-state index in [0.29, 0.717) is 14.6 Å². The van der Waals surface area contributed by atoms with Crippen LogP contribution in [0, 0.1) is 0 Å². The first kappa shape index (κ1) is 14.1. The van der Waals surface area contributed by atoms with E-state index < -0.39 is 11.8 Å². The zero-order valence-corrected chi connectivity index (χ0v) is 13.5. The number of phenols is 2. The van der Waals surface area contributed by atoms with Gasteiger partial charge in [0.2, 0.25) is 0 Å². The highest BCUT2D eigenvalue weighted by Crippen LogP contribution is 2.41. The van der Waals surface area contributed by atoms with E-state index in [1.807, 2.05) is 0 Å². The Bertz CT molecular complexity index is 781. The second-order valence-corrected chi connectivity index (χ2v) is 6.14. The minimum Gasteiger partial charge on any atom is -0.508 e. The van der Waals surface area contributed by atoms with Gasteiger partial charge in [0.05, 0.1) is 16.8 Å². The minimum absolute atomic E-state index is 0.00764. The number of hydrogen-bond donors (Lipinski definition) is 2. The van der Waals surface area contributed by atoms with Crippen LogP contribution in [-0.4, -0.2) is 22.0 Å². The van der Waals surface area contributed by atoms with Crippen molar-refractivity contribution in [1.29, 1.82) is 0 Å². The number of anilines is 1. The molecule has 0 atom stereocenters. The average Bonchev–Trinajstić information content (AvgIpc) is 2.62. The van der Waals surface area contributed by atoms with Crippen molar-refractivity contribution in [3.8, 4) is 11.5 Å². The van der Waals surface area contributed by atoms with E-state index >= 15 is 0 Å². The first-order chi connectivity index (χ1) is 9.90. The molecule has 7 heteroatoms. The van der Waals surface area contributed by atoms with Crippen LogP contribution in [0.5, 0.6) is 11.5 Å². The maximum atomic E-state index is 12.4. The van der Waals surface area contributed by atoms with Gasteiger partial charge in [0.15, 0.2) is 0 Å². The molecule has 0 radical (unpaired) electrons. The molecule has 2 aromatic rings. The van der Waals surface area contributed by atoms with Gasteiger partial charge in [-0.3, -0.25) is 9.59 Å². The molecule has 21 heavy (non-hydrogen) atoms. The molecular formula is C14H7Br2NO4. The van der Waals surface area contributed by atoms with Crippen molar-refractivity contribution in [2.45, 2.75) is 0 Å². The topological polar surface area (TPSA) is 77.8 Å². The summed E-state index contributed by atoms with van der Waals surface area (Å²) in [5.41, 5.74) is 0.676. The number of carbonyl (C=O) groups is 2. The van der Waals surface area contributed by atoms with Crippen LogP contribution < -0.4 is 4.90 Å². The second-order valence-electron chi connectivity index (χ2n) is 4.43. The number of aromatic hydroxyl groups is 2. The number of halogens is 2. The summed E-state index contributed by atoms with van der Waals surface area (Å²) in [4.78, 5) is 25.9. The molecule has 2 amide bonds. The molecule has 106 valence electrons. The van der Waals surface area contributed by atoms with Gasteiger partial charge in [-0.2, -0.15) is 0 Å². The molecule has 0 fully saturated rings. The average molecular weight is 413 g/mol. The van der Waals surface area contributed by atoms with Crippen molar-refractivity contribution in [2.75, 3.05) is 4.90 Å². The van der Waals surface area contributed by atoms with Crippen LogP contribution in [0.4, 0.5) is 5.69 Å². The van der Waals surface area contributed by atoms with Crippen LogP contribution in [0.15, 0.2) is 39.3 Å². The molecule has 5 nitrogen and oxygen atoms in total. The lowest BCUT2D eigenvalue weighted by molar-refractivity contribution is 0.0925. The Morgan fingerprint density at radius 2 is 1.38 bits per heavy atom. The third-order valence-electron chi connectivity index (χ3n) is 3.10. The van der Waals surface area contributed by atoms with Gasteiger partial charge in [-0.25, -0.2) is 4.90 Å². The van der Waals surface area contributed by atoms with Gasteiger partial charge in [-0.05, 0) is 62.2 Å². The van der Waals surface area contributed by atoms with Gasteiger partial charge in [-0.1, -0.05) is 0 Å². The summed E-state index contributed by atoms with van der Waals surface area (Å²) in [6.07, 6.45) is 0. The third kappa shape index (κ3) is 2.13. The highest BCUT2D eigenvalue weighted by molar-refractivity contribution is 9.11. The fourth-order valence-corrected chi connectivity index (χ4v) is 3.71. The van der Waals surface area contributed by atoms with Crippen LogP contribution in [0.25, 0.3) is 0 Å². The molecule has 3 rings (SSSR count). The predicted octanol–water partition coefficient (Wildman–Crippen LogP) is 3.42. The van der Waals surface area contributed by atoms with Crippen LogP contribution in [0.1, 0.15) is 20.7 Å². The van der Waals surface area contributed by atoms with E-state index in [0.717, 1.165) is 4.90 Å². The molecule has 0 aromatic heterocycles. The van der Waals surface area contributed by atoms with E-state index in [1.54, 1.807) is 0 Å². The lowest BCUT2D eigenvalue weighted by atomic mass is 10.1. The van der Waals surface area contributed by atoms with Gasteiger partial charge in [0.25, 0.3) is 11.8 Å². The quantitative estimate of drug-likeness (QED) is 0.703. The van der Waals surface area contributed by atoms with Gasteiger partial charge in [0.1, 0.15) is 11.5 Å². The van der Waals surface area contributed by atoms with Crippen molar-refractivity contribution in [3.63, 3.8) is 0 Å². The molecule has 0 bridgehead atoms. The maximum absolute atomic E-state index is 12.4. The highest BCUT2D eigenvalue weighted by atomic mass is 79.9. The largest absolute Gasteiger partial charge is 0.508 e. The van der Waals surface area contributed by atoms with Gasteiger partial charge in [0, 0.05) is 8.95 Å². The van der Waals surface area contributed by atoms with E-state index in [2.05, 4.69) is 31.9 Å². The molecule has 0 saturated heterocycles. The molecular weight excluding hydrogens is 406 g/mol. The number of imide groups is 1. The van der Waals surface area contributed by atoms with Crippen molar-refractivity contribution in [1.82, 2.24) is 0 Å². The number of benzene rings is 2. The Labute approximate surface area is 136 Å². The fourth-order valence-electron chi connectivity index (χ4n) is 2.20. The normalized spacial score (nSPS) is 13.7. The maximum Gasteiger partial charge on any atom is 0.266 e. The summed E-state index contributed by atoms with van der Waals surface area (Å²) in [5, 5.41) is 19.0. The Hall–Kier alpha value is -1.86. The lowest BCUT2D eigenvalue weighted by Gasteiger charge is -2.17. The molecule has 0 spiro atoms. The lowest BCUT2D eigenvalue weighted by Crippen LogP contribution is -2.30. The van der Waals surface area contributed by atoms with Crippen molar-refractivity contribution in [3.05, 3.63) is 50.4 Å². The summed E-state index contributed by atoms with van der Waals surface area (Å²) in [5.74, 6) is -1.10. The minimum atomic E-state index is -0.530. The smallest absolute Gasteiger partial charge is 0.266 e. The van der Waals surface area contributed by atoms with E-state index in [1.165, 1.54) is 30.3 Å². The number of nitrogens with zero attached hydrogens (tertiary/aromatic N) is 1. The number of phenolic OH excluding ortho intramolecular Hbond substituents is 2. The first-order valence-electron chi connectivity index (χ1n) is 5.80. The van der Waals surface area contributed by atoms with Gasteiger partial charge >= 0.3 is 0 Å². The van der Waals surface area contributed by atoms with Crippen LogP contribution in [-0.2, 0) is 0 Å². The Kier molecular flexibility index (Phi) is 3.26. The fraction of sp³-hybridized carbons (Fsp3) is 0. The van der Waals surface area contributed by atoms with Crippen molar-refractivity contribution in [2.24, 2.45) is 0 Å². The molecule has 1 heterocycles. The number of hydrogen-bond acceptors (Lipinski definition) is 4. The van der Waals surface area contributed by atoms with Crippen molar-refractivity contribution < 1.29 is 19.8 Å². The highest BCUT2D eigenvalue weighted by Gasteiger charge is 2.38. The predicted molar refractivity (Wildman–Crippen MR) is 82.8 cm³/mol. The van der Waals surface area contributed by atoms with Gasteiger partial charge in [-0.15, -0.1) is 0 Å². The standard InChI is InChI=1S/C14H7Br2NO4/c15-10-4-7(19)5-11(16)12(10)17-13(20)8-2-1-6(18)3-9(8)14(17)21/h1-5,18-19H. The molecule has 1 aliphatic rings. The zero-order valence-electron chi connectivity index (χ0n) is 10.3. The molecule has 0 saturated carbocycles. The summed E-state index contributed by atoms with van der Waals surface area (Å²) >= 11 is 6.47. The molecule has 0 unspecified atom stereocenters. The molecule has 2 aromatic carbocycles. The molecule has 0 aliphatic carbocycles. The third-order valence-corrected chi connectivity index (χ3v) is 4.30. The summed E-state index contributed by atoms with van der Waals surface area (Å²) in [6, 6.07) is 6.81. The van der Waals surface area contributed by atoms with Crippen LogP contribution in [0.3, 0.4) is 0 Å². The number of amides is 2. The number of rotatable bonds is 1. The monoisotopic (exact) mass is 411 g/mol. The summed E-state index contributed by atoms with van der Waals surface area (Å²) in [7, 11) is 0. The zero-order chi connectivity index (χ0) is 15.3. The first-order valence-corrected chi connectivity index (χ1v) is 7.38. The SMILES string of the molecule is O=C1c2ccc(O)cc2C(=O)N1c1c(Br)cc(O)cc1Br.